The van der Waals surface area contributed by atoms with Crippen LogP contribution < -0.4 is 11.1 Å². The van der Waals surface area contributed by atoms with Gasteiger partial charge in [-0.15, -0.1) is 0 Å². The van der Waals surface area contributed by atoms with Crippen molar-refractivity contribution in [3.8, 4) is 0 Å². The van der Waals surface area contributed by atoms with Crippen LogP contribution in [0.1, 0.15) is 24.0 Å². The zero-order valence-corrected chi connectivity index (χ0v) is 10.9. The number of thiocarbonyl (C=S) groups is 1. The van der Waals surface area contributed by atoms with Crippen LogP contribution in [0.4, 0.5) is 5.69 Å². The highest BCUT2D eigenvalue weighted by molar-refractivity contribution is 7.80. The molecule has 0 atom stereocenters. The van der Waals surface area contributed by atoms with Gasteiger partial charge in [-0.2, -0.15) is 0 Å². The molecular weight excluding hydrogens is 232 g/mol. The highest BCUT2D eigenvalue weighted by Crippen LogP contribution is 2.46. The maximum absolute atomic E-state index is 12.1. The Balaban J connectivity index is 2.17. The second-order valence-electron chi connectivity index (χ2n) is 4.72. The summed E-state index contributed by atoms with van der Waals surface area (Å²) in [6.45, 7) is 4.00. The summed E-state index contributed by atoms with van der Waals surface area (Å²) in [5, 5.41) is 2.92. The predicted octanol–water partition coefficient (Wildman–Crippen LogP) is 2.31. The number of amides is 1. The Labute approximate surface area is 106 Å². The minimum Gasteiger partial charge on any atom is -0.392 e. The van der Waals surface area contributed by atoms with Crippen molar-refractivity contribution in [2.75, 3.05) is 5.32 Å². The highest BCUT2D eigenvalue weighted by atomic mass is 32.1. The first kappa shape index (κ1) is 12.0. The Morgan fingerprint density at radius 2 is 2.06 bits per heavy atom. The fourth-order valence-electron chi connectivity index (χ4n) is 1.91. The molecule has 2 rings (SSSR count). The zero-order chi connectivity index (χ0) is 12.6. The van der Waals surface area contributed by atoms with Gasteiger partial charge in [-0.05, 0) is 38.3 Å². The summed E-state index contributed by atoms with van der Waals surface area (Å²) in [6, 6.07) is 5.93. The van der Waals surface area contributed by atoms with Crippen molar-refractivity contribution in [1.82, 2.24) is 0 Å². The number of benzene rings is 1. The summed E-state index contributed by atoms with van der Waals surface area (Å²) in [5.74, 6) is -0.0723. The van der Waals surface area contributed by atoms with E-state index >= 15 is 0 Å². The molecule has 1 aromatic carbocycles. The minimum absolute atomic E-state index is 0.0723. The molecule has 0 unspecified atom stereocenters. The molecule has 0 heterocycles. The molecule has 17 heavy (non-hydrogen) atoms. The van der Waals surface area contributed by atoms with E-state index in [1.165, 1.54) is 5.56 Å². The quantitative estimate of drug-likeness (QED) is 0.807. The van der Waals surface area contributed by atoms with E-state index in [4.69, 9.17) is 18.0 Å². The van der Waals surface area contributed by atoms with Crippen LogP contribution in [0.25, 0.3) is 0 Å². The van der Waals surface area contributed by atoms with E-state index in [0.717, 1.165) is 24.1 Å². The molecule has 4 heteroatoms. The third-order valence-electron chi connectivity index (χ3n) is 3.29. The lowest BCUT2D eigenvalue weighted by molar-refractivity contribution is -0.118. The van der Waals surface area contributed by atoms with Gasteiger partial charge in [-0.3, -0.25) is 4.79 Å². The molecule has 1 aliphatic rings. The Kier molecular flexibility index (Phi) is 2.91. The van der Waals surface area contributed by atoms with Gasteiger partial charge in [0.2, 0.25) is 5.91 Å². The van der Waals surface area contributed by atoms with Crippen molar-refractivity contribution >= 4 is 28.8 Å². The van der Waals surface area contributed by atoms with Gasteiger partial charge in [0, 0.05) is 5.69 Å². The Morgan fingerprint density at radius 1 is 1.41 bits per heavy atom. The number of hydrogen-bond acceptors (Lipinski definition) is 2. The number of hydrogen-bond donors (Lipinski definition) is 2. The van der Waals surface area contributed by atoms with E-state index in [2.05, 4.69) is 5.32 Å². The molecule has 0 aliphatic heterocycles. The Hall–Kier alpha value is -1.42. The van der Waals surface area contributed by atoms with E-state index in [1.54, 1.807) is 0 Å². The molecule has 0 bridgehead atoms. The second kappa shape index (κ2) is 4.11. The minimum atomic E-state index is -0.591. The van der Waals surface area contributed by atoms with Crippen LogP contribution in [-0.2, 0) is 4.79 Å². The second-order valence-corrected chi connectivity index (χ2v) is 5.16. The van der Waals surface area contributed by atoms with Crippen LogP contribution in [0, 0.1) is 19.3 Å². The molecule has 90 valence electrons. The molecule has 3 N–H and O–H groups in total. The van der Waals surface area contributed by atoms with E-state index in [0.29, 0.717) is 4.99 Å². The average Bonchev–Trinajstić information content (AvgIpc) is 3.02. The molecule has 1 saturated carbocycles. The third kappa shape index (κ3) is 2.17. The monoisotopic (exact) mass is 248 g/mol. The van der Waals surface area contributed by atoms with Crippen molar-refractivity contribution in [3.63, 3.8) is 0 Å². The van der Waals surface area contributed by atoms with E-state index < -0.39 is 5.41 Å². The molecule has 0 radical (unpaired) electrons. The van der Waals surface area contributed by atoms with Crippen LogP contribution in [0.2, 0.25) is 0 Å². The molecule has 3 nitrogen and oxygen atoms in total. The maximum atomic E-state index is 12.1. The lowest BCUT2D eigenvalue weighted by atomic mass is 10.1. The van der Waals surface area contributed by atoms with E-state index in [-0.39, 0.29) is 5.91 Å². The van der Waals surface area contributed by atoms with Gasteiger partial charge in [-0.25, -0.2) is 0 Å². The SMILES string of the molecule is Cc1ccc(NC(=O)C2(C(N)=S)CC2)c(C)c1. The van der Waals surface area contributed by atoms with Crippen LogP contribution in [0.3, 0.4) is 0 Å². The topological polar surface area (TPSA) is 55.1 Å². The van der Waals surface area contributed by atoms with Crippen LogP contribution in [-0.4, -0.2) is 10.9 Å². The van der Waals surface area contributed by atoms with Crippen LogP contribution in [0.5, 0.6) is 0 Å². The summed E-state index contributed by atoms with van der Waals surface area (Å²) < 4.78 is 0. The molecule has 0 aromatic heterocycles. The van der Waals surface area contributed by atoms with Crippen molar-refractivity contribution < 1.29 is 4.79 Å². The van der Waals surface area contributed by atoms with Gasteiger partial charge in [0.1, 0.15) is 0 Å². The number of carbonyl (C=O) groups is 1. The first-order valence-electron chi connectivity index (χ1n) is 5.64. The van der Waals surface area contributed by atoms with Crippen molar-refractivity contribution in [1.29, 1.82) is 0 Å². The summed E-state index contributed by atoms with van der Waals surface area (Å²) in [6.07, 6.45) is 1.53. The van der Waals surface area contributed by atoms with Gasteiger partial charge >= 0.3 is 0 Å². The first-order chi connectivity index (χ1) is 7.95. The molecule has 0 saturated heterocycles. The van der Waals surface area contributed by atoms with Crippen LogP contribution >= 0.6 is 12.2 Å². The molecule has 0 spiro atoms. The number of rotatable bonds is 3. The normalized spacial score (nSPS) is 16.4. The zero-order valence-electron chi connectivity index (χ0n) is 10.0. The number of carbonyl (C=O) groups excluding carboxylic acids is 1. The number of nitrogens with two attached hydrogens (primary N) is 1. The maximum Gasteiger partial charge on any atom is 0.237 e. The van der Waals surface area contributed by atoms with Gasteiger partial charge in [0.05, 0.1) is 10.4 Å². The van der Waals surface area contributed by atoms with Crippen molar-refractivity contribution in [3.05, 3.63) is 29.3 Å². The predicted molar refractivity (Wildman–Crippen MR) is 73.0 cm³/mol. The lowest BCUT2D eigenvalue weighted by Crippen LogP contribution is -2.35. The summed E-state index contributed by atoms with van der Waals surface area (Å²) >= 11 is 4.96. The average molecular weight is 248 g/mol. The highest BCUT2D eigenvalue weighted by Gasteiger charge is 2.52. The first-order valence-corrected chi connectivity index (χ1v) is 6.05. The lowest BCUT2D eigenvalue weighted by Gasteiger charge is -2.15. The summed E-state index contributed by atoms with van der Waals surface area (Å²) in [5.41, 5.74) is 8.10. The van der Waals surface area contributed by atoms with Crippen LogP contribution in [0.15, 0.2) is 18.2 Å². The fraction of sp³-hybridized carbons (Fsp3) is 0.385. The van der Waals surface area contributed by atoms with Crippen molar-refractivity contribution in [2.24, 2.45) is 11.1 Å². The number of aryl methyl sites for hydroxylation is 2. The molecule has 1 aliphatic carbocycles. The standard InChI is InChI=1S/C13H16N2OS/c1-8-3-4-10(9(2)7-8)15-12(16)13(5-6-13)11(14)17/h3-4,7H,5-6H2,1-2H3,(H2,14,17)(H,15,16). The largest absolute Gasteiger partial charge is 0.392 e. The summed E-state index contributed by atoms with van der Waals surface area (Å²) in [7, 11) is 0. The van der Waals surface area contributed by atoms with E-state index in [1.807, 2.05) is 32.0 Å². The molecule has 1 fully saturated rings. The van der Waals surface area contributed by atoms with Gasteiger partial charge in [0.15, 0.2) is 0 Å². The van der Waals surface area contributed by atoms with E-state index in [9.17, 15) is 4.79 Å². The smallest absolute Gasteiger partial charge is 0.237 e. The Bertz CT molecular complexity index is 492. The molecular formula is C13H16N2OS. The third-order valence-corrected chi connectivity index (χ3v) is 3.68. The van der Waals surface area contributed by atoms with Crippen molar-refractivity contribution in [2.45, 2.75) is 26.7 Å². The Morgan fingerprint density at radius 3 is 2.53 bits per heavy atom. The summed E-state index contributed by atoms with van der Waals surface area (Å²) in [4.78, 5) is 12.4. The molecule has 1 aromatic rings. The van der Waals surface area contributed by atoms with Gasteiger partial charge in [-0.1, -0.05) is 29.9 Å². The fourth-order valence-corrected chi connectivity index (χ4v) is 2.20. The molecule has 1 amide bonds. The van der Waals surface area contributed by atoms with Gasteiger partial charge < -0.3 is 11.1 Å². The number of nitrogens with one attached hydrogen (secondary N) is 1. The number of anilines is 1. The van der Waals surface area contributed by atoms with Gasteiger partial charge in [0.25, 0.3) is 0 Å².